The Morgan fingerprint density at radius 1 is 1.08 bits per heavy atom. The molecule has 0 heterocycles. The molecule has 0 rings (SSSR count). The van der Waals surface area contributed by atoms with Crippen molar-refractivity contribution in [2.24, 2.45) is 17.0 Å². The molecule has 0 spiro atoms. The van der Waals surface area contributed by atoms with E-state index in [2.05, 4.69) is 25.9 Å². The zero-order valence-electron chi connectivity index (χ0n) is 8.55. The van der Waals surface area contributed by atoms with E-state index in [9.17, 15) is 4.91 Å². The lowest BCUT2D eigenvalue weighted by Crippen LogP contribution is -1.98. The fourth-order valence-electron chi connectivity index (χ4n) is 1.29. The van der Waals surface area contributed by atoms with Crippen LogP contribution >= 0.6 is 0 Å². The average Bonchev–Trinajstić information content (AvgIpc) is 2.00. The van der Waals surface area contributed by atoms with Gasteiger partial charge in [-0.25, -0.2) is 0 Å². The Kier molecular flexibility index (Phi) is 7.02. The first-order chi connectivity index (χ1) is 5.66. The van der Waals surface area contributed by atoms with Crippen molar-refractivity contribution in [3.8, 4) is 0 Å². The Labute approximate surface area is 75.7 Å². The van der Waals surface area contributed by atoms with E-state index in [-0.39, 0.29) is 0 Å². The second-order valence-corrected chi connectivity index (χ2v) is 4.07. The van der Waals surface area contributed by atoms with Crippen LogP contribution in [0.5, 0.6) is 0 Å². The van der Waals surface area contributed by atoms with Gasteiger partial charge in [0.1, 0.15) is 0 Å². The van der Waals surface area contributed by atoms with Crippen LogP contribution in [0, 0.1) is 16.7 Å². The van der Waals surface area contributed by atoms with Gasteiger partial charge in [0.2, 0.25) is 0 Å². The summed E-state index contributed by atoms with van der Waals surface area (Å²) in [4.78, 5) is 9.84. The van der Waals surface area contributed by atoms with Crippen LogP contribution in [0.3, 0.4) is 0 Å². The number of rotatable bonds is 7. The lowest BCUT2D eigenvalue weighted by molar-refractivity contribution is 0.441. The highest BCUT2D eigenvalue weighted by atomic mass is 16.3. The highest BCUT2D eigenvalue weighted by Crippen LogP contribution is 2.14. The summed E-state index contributed by atoms with van der Waals surface area (Å²) < 4.78 is 0. The van der Waals surface area contributed by atoms with Gasteiger partial charge in [-0.3, -0.25) is 0 Å². The van der Waals surface area contributed by atoms with Gasteiger partial charge in [0, 0.05) is 0 Å². The van der Waals surface area contributed by atoms with Crippen molar-refractivity contribution in [2.45, 2.75) is 46.5 Å². The molecular weight excluding hydrogens is 150 g/mol. The third-order valence-corrected chi connectivity index (χ3v) is 2.19. The lowest BCUT2D eigenvalue weighted by Gasteiger charge is -2.09. The topological polar surface area (TPSA) is 29.4 Å². The quantitative estimate of drug-likeness (QED) is 0.538. The Morgan fingerprint density at radius 3 is 2.25 bits per heavy atom. The van der Waals surface area contributed by atoms with Gasteiger partial charge >= 0.3 is 0 Å². The molecule has 0 bridgehead atoms. The predicted molar refractivity (Wildman–Crippen MR) is 53.1 cm³/mol. The maximum absolute atomic E-state index is 9.84. The minimum absolute atomic E-state index is 0.489. The summed E-state index contributed by atoms with van der Waals surface area (Å²) in [7, 11) is 0. The molecule has 0 fully saturated rings. The van der Waals surface area contributed by atoms with Crippen molar-refractivity contribution in [3.05, 3.63) is 4.91 Å². The van der Waals surface area contributed by atoms with Gasteiger partial charge < -0.3 is 0 Å². The van der Waals surface area contributed by atoms with Crippen LogP contribution in [0.1, 0.15) is 46.5 Å². The van der Waals surface area contributed by atoms with E-state index in [4.69, 9.17) is 0 Å². The van der Waals surface area contributed by atoms with Crippen LogP contribution in [0.25, 0.3) is 0 Å². The van der Waals surface area contributed by atoms with Gasteiger partial charge in [0.25, 0.3) is 0 Å². The molecule has 12 heavy (non-hydrogen) atoms. The van der Waals surface area contributed by atoms with Crippen molar-refractivity contribution in [1.82, 2.24) is 0 Å². The van der Waals surface area contributed by atoms with Crippen molar-refractivity contribution in [3.63, 3.8) is 0 Å². The second-order valence-electron chi connectivity index (χ2n) is 4.07. The summed E-state index contributed by atoms with van der Waals surface area (Å²) in [5, 5.41) is 2.87. The molecule has 0 N–H and O–H groups in total. The summed E-state index contributed by atoms with van der Waals surface area (Å²) in [5.41, 5.74) is 0. The molecule has 1 unspecified atom stereocenters. The molecule has 0 aromatic rings. The van der Waals surface area contributed by atoms with E-state index in [0.29, 0.717) is 12.5 Å². The molecule has 0 aromatic carbocycles. The van der Waals surface area contributed by atoms with Crippen LogP contribution in [-0.4, -0.2) is 6.54 Å². The van der Waals surface area contributed by atoms with Gasteiger partial charge in [-0.15, -0.1) is 0 Å². The number of hydrogen-bond acceptors (Lipinski definition) is 2. The maximum Gasteiger partial charge on any atom is 0.0813 e. The largest absolute Gasteiger partial charge is 0.151 e. The Balaban J connectivity index is 3.18. The van der Waals surface area contributed by atoms with E-state index in [1.165, 1.54) is 19.3 Å². The summed E-state index contributed by atoms with van der Waals surface area (Å²) >= 11 is 0. The van der Waals surface area contributed by atoms with Crippen molar-refractivity contribution >= 4 is 0 Å². The molecule has 0 amide bonds. The van der Waals surface area contributed by atoms with Crippen LogP contribution in [-0.2, 0) is 0 Å². The standard InChI is InChI=1S/C10H21NO/c1-9(2)5-4-6-10(3)7-8-11-12/h9-10H,4-8H2,1-3H3. The molecule has 0 radical (unpaired) electrons. The molecule has 1 atom stereocenters. The summed E-state index contributed by atoms with van der Waals surface area (Å²) in [6.45, 7) is 7.18. The first-order valence-electron chi connectivity index (χ1n) is 4.96. The average molecular weight is 171 g/mol. The van der Waals surface area contributed by atoms with Gasteiger partial charge in [-0.1, -0.05) is 45.2 Å². The van der Waals surface area contributed by atoms with Gasteiger partial charge in [0.15, 0.2) is 0 Å². The highest BCUT2D eigenvalue weighted by Gasteiger charge is 2.02. The molecule has 0 aliphatic rings. The van der Waals surface area contributed by atoms with E-state index in [0.717, 1.165) is 12.3 Å². The molecule has 2 heteroatoms. The van der Waals surface area contributed by atoms with Crippen molar-refractivity contribution < 1.29 is 0 Å². The number of hydrogen-bond donors (Lipinski definition) is 0. The first-order valence-corrected chi connectivity index (χ1v) is 4.96. The zero-order valence-corrected chi connectivity index (χ0v) is 8.55. The Bertz CT molecular complexity index is 112. The molecular formula is C10H21NO. The zero-order chi connectivity index (χ0) is 9.40. The SMILES string of the molecule is CC(C)CCCC(C)CCN=O. The van der Waals surface area contributed by atoms with Crippen LogP contribution in [0.15, 0.2) is 5.18 Å². The second kappa shape index (κ2) is 7.26. The molecule has 2 nitrogen and oxygen atoms in total. The van der Waals surface area contributed by atoms with Crippen molar-refractivity contribution in [1.29, 1.82) is 0 Å². The predicted octanol–water partition coefficient (Wildman–Crippen LogP) is 3.61. The number of nitrogens with zero attached hydrogens (tertiary/aromatic N) is 1. The molecule has 0 saturated carbocycles. The third kappa shape index (κ3) is 7.70. The van der Waals surface area contributed by atoms with E-state index in [1.807, 2.05) is 0 Å². The van der Waals surface area contributed by atoms with Crippen LogP contribution in [0.2, 0.25) is 0 Å². The van der Waals surface area contributed by atoms with E-state index in [1.54, 1.807) is 0 Å². The Morgan fingerprint density at radius 2 is 1.75 bits per heavy atom. The van der Waals surface area contributed by atoms with Crippen molar-refractivity contribution in [2.75, 3.05) is 6.54 Å². The minimum atomic E-state index is 0.489. The summed E-state index contributed by atoms with van der Waals surface area (Å²) in [6, 6.07) is 0. The molecule has 0 saturated heterocycles. The smallest absolute Gasteiger partial charge is 0.0813 e. The molecule has 0 aliphatic heterocycles. The minimum Gasteiger partial charge on any atom is -0.151 e. The monoisotopic (exact) mass is 171 g/mol. The van der Waals surface area contributed by atoms with Crippen LogP contribution in [0.4, 0.5) is 0 Å². The summed E-state index contributed by atoms with van der Waals surface area (Å²) in [5.74, 6) is 1.47. The summed E-state index contributed by atoms with van der Waals surface area (Å²) in [6.07, 6.45) is 4.80. The van der Waals surface area contributed by atoms with Gasteiger partial charge in [0.05, 0.1) is 6.54 Å². The normalized spacial score (nSPS) is 13.3. The number of nitroso groups, excluding NO2 is 1. The first kappa shape index (κ1) is 11.6. The molecule has 0 aliphatic carbocycles. The van der Waals surface area contributed by atoms with E-state index < -0.39 is 0 Å². The highest BCUT2D eigenvalue weighted by molar-refractivity contribution is 4.56. The molecule has 72 valence electrons. The maximum atomic E-state index is 9.84. The van der Waals surface area contributed by atoms with Gasteiger partial charge in [-0.05, 0) is 18.3 Å². The van der Waals surface area contributed by atoms with Crippen LogP contribution < -0.4 is 0 Å². The fraction of sp³-hybridized carbons (Fsp3) is 1.00. The van der Waals surface area contributed by atoms with E-state index >= 15 is 0 Å². The third-order valence-electron chi connectivity index (χ3n) is 2.19. The molecule has 0 aromatic heterocycles. The lowest BCUT2D eigenvalue weighted by atomic mass is 9.97. The van der Waals surface area contributed by atoms with Gasteiger partial charge in [-0.2, -0.15) is 4.91 Å². The fourth-order valence-corrected chi connectivity index (χ4v) is 1.29. The Hall–Kier alpha value is -0.400.